The third-order valence-corrected chi connectivity index (χ3v) is 5.55. The SMILES string of the molecule is CSC1CCC(n2c(C(C)Cl)nc3cnccc32)CC1. The average Bonchev–Trinajstić information content (AvgIpc) is 2.87. The second kappa shape index (κ2) is 5.94. The van der Waals surface area contributed by atoms with Crippen molar-refractivity contribution in [3.8, 4) is 0 Å². The third-order valence-electron chi connectivity index (χ3n) is 4.22. The first-order valence-electron chi connectivity index (χ1n) is 7.19. The lowest BCUT2D eigenvalue weighted by Gasteiger charge is -2.30. The van der Waals surface area contributed by atoms with Crippen LogP contribution in [0, 0.1) is 0 Å². The van der Waals surface area contributed by atoms with Gasteiger partial charge in [0.1, 0.15) is 11.3 Å². The number of rotatable bonds is 3. The van der Waals surface area contributed by atoms with Gasteiger partial charge >= 0.3 is 0 Å². The van der Waals surface area contributed by atoms with E-state index in [1.165, 1.54) is 31.2 Å². The van der Waals surface area contributed by atoms with Gasteiger partial charge in [0.2, 0.25) is 0 Å². The highest BCUT2D eigenvalue weighted by molar-refractivity contribution is 7.99. The smallest absolute Gasteiger partial charge is 0.128 e. The molecule has 1 unspecified atom stereocenters. The highest BCUT2D eigenvalue weighted by Gasteiger charge is 2.26. The molecule has 2 aromatic heterocycles. The molecule has 1 aliphatic carbocycles. The molecule has 1 atom stereocenters. The number of imidazole rings is 1. The lowest BCUT2D eigenvalue weighted by Crippen LogP contribution is -2.21. The topological polar surface area (TPSA) is 30.7 Å². The summed E-state index contributed by atoms with van der Waals surface area (Å²) < 4.78 is 2.37. The molecular weight excluding hydrogens is 290 g/mol. The van der Waals surface area contributed by atoms with Gasteiger partial charge in [-0.3, -0.25) is 4.98 Å². The van der Waals surface area contributed by atoms with Gasteiger partial charge in [-0.25, -0.2) is 4.98 Å². The highest BCUT2D eigenvalue weighted by Crippen LogP contribution is 2.37. The minimum absolute atomic E-state index is 0.0688. The number of fused-ring (bicyclic) bond motifs is 1. The molecule has 0 amide bonds. The molecular formula is C15H20ClN3S. The first-order valence-corrected chi connectivity index (χ1v) is 8.92. The van der Waals surface area contributed by atoms with Crippen molar-refractivity contribution in [2.75, 3.05) is 6.26 Å². The predicted molar refractivity (Wildman–Crippen MR) is 86.6 cm³/mol. The van der Waals surface area contributed by atoms with Crippen LogP contribution in [0.25, 0.3) is 11.0 Å². The summed E-state index contributed by atoms with van der Waals surface area (Å²) in [6, 6.07) is 2.59. The van der Waals surface area contributed by atoms with E-state index >= 15 is 0 Å². The fourth-order valence-electron chi connectivity index (χ4n) is 3.17. The van der Waals surface area contributed by atoms with Crippen LogP contribution in [0.15, 0.2) is 18.5 Å². The fraction of sp³-hybridized carbons (Fsp3) is 0.600. The number of hydrogen-bond acceptors (Lipinski definition) is 3. The van der Waals surface area contributed by atoms with Crippen molar-refractivity contribution in [2.45, 2.75) is 49.3 Å². The van der Waals surface area contributed by atoms with Crippen molar-refractivity contribution in [2.24, 2.45) is 0 Å². The van der Waals surface area contributed by atoms with Gasteiger partial charge in [-0.2, -0.15) is 11.8 Å². The Morgan fingerprint density at radius 2 is 2.10 bits per heavy atom. The third kappa shape index (κ3) is 2.56. The van der Waals surface area contributed by atoms with Gasteiger partial charge in [-0.15, -0.1) is 11.6 Å². The lowest BCUT2D eigenvalue weighted by atomic mass is 9.94. The molecule has 0 radical (unpaired) electrons. The Labute approximate surface area is 129 Å². The zero-order chi connectivity index (χ0) is 14.1. The van der Waals surface area contributed by atoms with Crippen molar-refractivity contribution in [3.63, 3.8) is 0 Å². The number of aromatic nitrogens is 3. The number of nitrogens with zero attached hydrogens (tertiary/aromatic N) is 3. The maximum Gasteiger partial charge on any atom is 0.128 e. The molecule has 1 saturated carbocycles. The van der Waals surface area contributed by atoms with E-state index in [9.17, 15) is 0 Å². The van der Waals surface area contributed by atoms with Crippen LogP contribution in [-0.4, -0.2) is 26.0 Å². The Kier molecular flexibility index (Phi) is 4.22. The fourth-order valence-corrected chi connectivity index (χ4v) is 4.07. The zero-order valence-electron chi connectivity index (χ0n) is 11.9. The van der Waals surface area contributed by atoms with Crippen LogP contribution < -0.4 is 0 Å². The van der Waals surface area contributed by atoms with Crippen molar-refractivity contribution < 1.29 is 0 Å². The highest BCUT2D eigenvalue weighted by atomic mass is 35.5. The van der Waals surface area contributed by atoms with Gasteiger partial charge in [0, 0.05) is 17.5 Å². The number of pyridine rings is 1. The lowest BCUT2D eigenvalue weighted by molar-refractivity contribution is 0.358. The first kappa shape index (κ1) is 14.2. The summed E-state index contributed by atoms with van der Waals surface area (Å²) in [7, 11) is 0. The van der Waals surface area contributed by atoms with Crippen molar-refractivity contribution in [1.29, 1.82) is 0 Å². The molecule has 108 valence electrons. The molecule has 0 saturated heterocycles. The van der Waals surface area contributed by atoms with Crippen LogP contribution in [0.3, 0.4) is 0 Å². The molecule has 0 spiro atoms. The van der Waals surface area contributed by atoms with E-state index in [2.05, 4.69) is 26.9 Å². The van der Waals surface area contributed by atoms with Gasteiger partial charge in [0.15, 0.2) is 0 Å². The van der Waals surface area contributed by atoms with Crippen LogP contribution in [-0.2, 0) is 0 Å². The molecule has 20 heavy (non-hydrogen) atoms. The van der Waals surface area contributed by atoms with Gasteiger partial charge < -0.3 is 4.57 Å². The Morgan fingerprint density at radius 3 is 2.75 bits per heavy atom. The maximum atomic E-state index is 6.35. The maximum absolute atomic E-state index is 6.35. The standard InChI is InChI=1S/C15H20ClN3S/c1-10(16)15-18-13-9-17-8-7-14(13)19(15)11-3-5-12(20-2)6-4-11/h7-12H,3-6H2,1-2H3. The summed E-state index contributed by atoms with van der Waals surface area (Å²) in [4.78, 5) is 8.86. The second-order valence-electron chi connectivity index (χ2n) is 5.49. The van der Waals surface area contributed by atoms with Crippen LogP contribution in [0.1, 0.15) is 49.9 Å². The molecule has 2 aromatic rings. The van der Waals surface area contributed by atoms with Crippen LogP contribution in [0.2, 0.25) is 0 Å². The number of hydrogen-bond donors (Lipinski definition) is 0. The monoisotopic (exact) mass is 309 g/mol. The van der Waals surface area contributed by atoms with E-state index in [1.54, 1.807) is 0 Å². The zero-order valence-corrected chi connectivity index (χ0v) is 13.5. The summed E-state index contributed by atoms with van der Waals surface area (Å²) in [5, 5.41) is 0.750. The summed E-state index contributed by atoms with van der Waals surface area (Å²) in [6.07, 6.45) is 10.9. The summed E-state index contributed by atoms with van der Waals surface area (Å²) >= 11 is 8.35. The van der Waals surface area contributed by atoms with E-state index in [1.807, 2.05) is 31.1 Å². The van der Waals surface area contributed by atoms with Crippen molar-refractivity contribution in [1.82, 2.24) is 14.5 Å². The summed E-state index contributed by atoms with van der Waals surface area (Å²) in [5.41, 5.74) is 2.14. The Bertz CT molecular complexity index is 588. The minimum Gasteiger partial charge on any atom is -0.324 e. The molecule has 0 bridgehead atoms. The molecule has 3 rings (SSSR count). The van der Waals surface area contributed by atoms with Gasteiger partial charge in [0.05, 0.1) is 17.1 Å². The molecule has 3 nitrogen and oxygen atoms in total. The van der Waals surface area contributed by atoms with Gasteiger partial charge in [-0.1, -0.05) is 0 Å². The van der Waals surface area contributed by atoms with Crippen LogP contribution in [0.4, 0.5) is 0 Å². The van der Waals surface area contributed by atoms with E-state index in [0.29, 0.717) is 6.04 Å². The molecule has 0 aliphatic heterocycles. The predicted octanol–water partition coefficient (Wildman–Crippen LogP) is 4.58. The Morgan fingerprint density at radius 1 is 1.35 bits per heavy atom. The quantitative estimate of drug-likeness (QED) is 0.778. The molecule has 1 aliphatic rings. The second-order valence-corrected chi connectivity index (χ2v) is 7.28. The minimum atomic E-state index is -0.0688. The van der Waals surface area contributed by atoms with Gasteiger partial charge in [0.25, 0.3) is 0 Å². The van der Waals surface area contributed by atoms with E-state index < -0.39 is 0 Å². The molecule has 5 heteroatoms. The molecule has 1 fully saturated rings. The van der Waals surface area contributed by atoms with E-state index in [4.69, 9.17) is 11.6 Å². The number of halogens is 1. The van der Waals surface area contributed by atoms with E-state index in [-0.39, 0.29) is 5.38 Å². The first-order chi connectivity index (χ1) is 9.70. The summed E-state index contributed by atoms with van der Waals surface area (Å²) in [5.74, 6) is 0.988. The number of alkyl halides is 1. The van der Waals surface area contributed by atoms with Crippen LogP contribution in [0.5, 0.6) is 0 Å². The van der Waals surface area contributed by atoms with Crippen LogP contribution >= 0.6 is 23.4 Å². The van der Waals surface area contributed by atoms with Crippen molar-refractivity contribution >= 4 is 34.4 Å². The molecule has 2 heterocycles. The van der Waals surface area contributed by atoms with Crippen molar-refractivity contribution in [3.05, 3.63) is 24.3 Å². The average molecular weight is 310 g/mol. The van der Waals surface area contributed by atoms with Gasteiger partial charge in [-0.05, 0) is 44.9 Å². The molecule has 0 aromatic carbocycles. The normalized spacial score (nSPS) is 24.9. The number of thioether (sulfide) groups is 1. The summed E-state index contributed by atoms with van der Waals surface area (Å²) in [6.45, 7) is 2.00. The Hall–Kier alpha value is -0.740. The Balaban J connectivity index is 1.99. The van der Waals surface area contributed by atoms with E-state index in [0.717, 1.165) is 16.6 Å². The largest absolute Gasteiger partial charge is 0.324 e. The molecule has 0 N–H and O–H groups in total.